The van der Waals surface area contributed by atoms with E-state index in [0.717, 1.165) is 17.8 Å². The van der Waals surface area contributed by atoms with E-state index >= 15 is 0 Å². The Hall–Kier alpha value is -3.29. The molecule has 1 aromatic heterocycles. The van der Waals surface area contributed by atoms with Crippen LogP contribution in [0, 0.1) is 0 Å². The first-order valence-electron chi connectivity index (χ1n) is 8.04. The lowest BCUT2D eigenvalue weighted by molar-refractivity contribution is -0.137. The van der Waals surface area contributed by atoms with Crippen molar-refractivity contribution in [2.24, 2.45) is 0 Å². The Morgan fingerprint density at radius 1 is 1.15 bits per heavy atom. The Morgan fingerprint density at radius 2 is 1.93 bits per heavy atom. The Bertz CT molecular complexity index is 950. The Morgan fingerprint density at radius 3 is 2.56 bits per heavy atom. The average Bonchev–Trinajstić information content (AvgIpc) is 3.15. The molecule has 2 aromatic carbocycles. The molecule has 0 atom stereocenters. The van der Waals surface area contributed by atoms with Gasteiger partial charge in [0, 0.05) is 37.9 Å². The van der Waals surface area contributed by atoms with Crippen molar-refractivity contribution in [1.29, 1.82) is 0 Å². The quantitative estimate of drug-likeness (QED) is 0.744. The minimum atomic E-state index is -4.55. The summed E-state index contributed by atoms with van der Waals surface area (Å²) in [7, 11) is 3.70. The summed E-state index contributed by atoms with van der Waals surface area (Å²) >= 11 is 0. The van der Waals surface area contributed by atoms with Gasteiger partial charge in [-0.05, 0) is 36.4 Å². The van der Waals surface area contributed by atoms with E-state index in [9.17, 15) is 18.0 Å². The fourth-order valence-electron chi connectivity index (χ4n) is 2.58. The Kier molecular flexibility index (Phi) is 4.89. The predicted octanol–water partition coefficient (Wildman–Crippen LogP) is 4.21. The molecule has 0 saturated carbocycles. The normalized spacial score (nSPS) is 11.3. The van der Waals surface area contributed by atoms with Gasteiger partial charge in [0.2, 0.25) is 0 Å². The molecule has 0 spiro atoms. The summed E-state index contributed by atoms with van der Waals surface area (Å²) in [4.78, 5) is 18.5. The van der Waals surface area contributed by atoms with Crippen molar-refractivity contribution in [1.82, 2.24) is 9.55 Å². The number of anilines is 2. The number of halogens is 3. The number of hydrogen-bond donors (Lipinski definition) is 1. The van der Waals surface area contributed by atoms with E-state index in [1.807, 2.05) is 25.1 Å². The van der Waals surface area contributed by atoms with E-state index in [2.05, 4.69) is 10.3 Å². The van der Waals surface area contributed by atoms with E-state index in [0.29, 0.717) is 11.4 Å². The van der Waals surface area contributed by atoms with Crippen molar-refractivity contribution in [3.05, 3.63) is 72.3 Å². The van der Waals surface area contributed by atoms with Crippen LogP contribution >= 0.6 is 0 Å². The molecule has 3 aromatic rings. The van der Waals surface area contributed by atoms with Crippen LogP contribution in [0.25, 0.3) is 5.69 Å². The van der Waals surface area contributed by atoms with Crippen molar-refractivity contribution >= 4 is 17.3 Å². The number of nitrogens with one attached hydrogen (secondary N) is 1. The first kappa shape index (κ1) is 18.5. The molecule has 8 heteroatoms. The first-order valence-corrected chi connectivity index (χ1v) is 8.04. The standard InChI is InChI=1S/C19H17F3N4O/c1-25(2)15-5-3-4-14(11-15)24-18(27)16-10-13(19(20,21)22)6-7-17(16)26-9-8-23-12-26/h3-12H,1-2H3,(H,24,27). The Labute approximate surface area is 154 Å². The molecule has 0 unspecified atom stereocenters. The fourth-order valence-corrected chi connectivity index (χ4v) is 2.58. The highest BCUT2D eigenvalue weighted by Gasteiger charge is 2.32. The lowest BCUT2D eigenvalue weighted by Crippen LogP contribution is -2.17. The van der Waals surface area contributed by atoms with Crippen LogP contribution in [-0.4, -0.2) is 29.6 Å². The van der Waals surface area contributed by atoms with Gasteiger partial charge in [0.25, 0.3) is 5.91 Å². The van der Waals surface area contributed by atoms with Crippen LogP contribution in [0.3, 0.4) is 0 Å². The van der Waals surface area contributed by atoms with Gasteiger partial charge >= 0.3 is 6.18 Å². The lowest BCUT2D eigenvalue weighted by atomic mass is 10.1. The molecule has 3 rings (SSSR count). The van der Waals surface area contributed by atoms with Crippen LogP contribution in [0.2, 0.25) is 0 Å². The molecule has 1 N–H and O–H groups in total. The van der Waals surface area contributed by atoms with Gasteiger partial charge in [-0.3, -0.25) is 4.79 Å². The molecule has 27 heavy (non-hydrogen) atoms. The van der Waals surface area contributed by atoms with Crippen molar-refractivity contribution in [3.8, 4) is 5.69 Å². The van der Waals surface area contributed by atoms with Gasteiger partial charge in [-0.15, -0.1) is 0 Å². The van der Waals surface area contributed by atoms with Crippen molar-refractivity contribution in [3.63, 3.8) is 0 Å². The largest absolute Gasteiger partial charge is 0.416 e. The number of carbonyl (C=O) groups is 1. The molecule has 0 aliphatic rings. The molecular weight excluding hydrogens is 357 g/mol. The van der Waals surface area contributed by atoms with Crippen LogP contribution in [0.1, 0.15) is 15.9 Å². The highest BCUT2D eigenvalue weighted by molar-refractivity contribution is 6.07. The maximum absolute atomic E-state index is 13.1. The third-order valence-corrected chi connectivity index (χ3v) is 3.97. The van der Waals surface area contributed by atoms with E-state index in [1.54, 1.807) is 24.4 Å². The smallest absolute Gasteiger partial charge is 0.378 e. The maximum Gasteiger partial charge on any atom is 0.416 e. The van der Waals surface area contributed by atoms with Crippen LogP contribution < -0.4 is 10.2 Å². The molecule has 1 heterocycles. The Balaban J connectivity index is 2.00. The summed E-state index contributed by atoms with van der Waals surface area (Å²) in [5, 5.41) is 2.67. The highest BCUT2D eigenvalue weighted by atomic mass is 19.4. The summed E-state index contributed by atoms with van der Waals surface area (Å²) < 4.78 is 40.8. The minimum absolute atomic E-state index is 0.0990. The SMILES string of the molecule is CN(C)c1cccc(NC(=O)c2cc(C(F)(F)F)ccc2-n2ccnc2)c1. The van der Waals surface area contributed by atoms with E-state index in [-0.39, 0.29) is 5.56 Å². The van der Waals surface area contributed by atoms with E-state index in [4.69, 9.17) is 0 Å². The summed E-state index contributed by atoms with van der Waals surface area (Å²) in [5.41, 5.74) is 0.658. The topological polar surface area (TPSA) is 50.2 Å². The number of alkyl halides is 3. The van der Waals surface area contributed by atoms with Gasteiger partial charge in [0.15, 0.2) is 0 Å². The molecule has 0 radical (unpaired) electrons. The number of amides is 1. The summed E-state index contributed by atoms with van der Waals surface area (Å²) in [5.74, 6) is -0.638. The molecule has 0 bridgehead atoms. The summed E-state index contributed by atoms with van der Waals surface area (Å²) in [6.07, 6.45) is -0.0780. The van der Waals surface area contributed by atoms with Gasteiger partial charge in [-0.25, -0.2) is 4.98 Å². The second-order valence-electron chi connectivity index (χ2n) is 6.10. The molecule has 0 saturated heterocycles. The monoisotopic (exact) mass is 374 g/mol. The maximum atomic E-state index is 13.1. The minimum Gasteiger partial charge on any atom is -0.378 e. The third kappa shape index (κ3) is 4.11. The summed E-state index contributed by atoms with van der Waals surface area (Å²) in [6, 6.07) is 10.1. The van der Waals surface area contributed by atoms with Crippen LogP contribution in [0.4, 0.5) is 24.5 Å². The third-order valence-electron chi connectivity index (χ3n) is 3.97. The van der Waals surface area contributed by atoms with Gasteiger partial charge in [-0.2, -0.15) is 13.2 Å². The molecule has 0 aliphatic carbocycles. The highest BCUT2D eigenvalue weighted by Crippen LogP contribution is 2.32. The molecule has 5 nitrogen and oxygen atoms in total. The number of rotatable bonds is 4. The lowest BCUT2D eigenvalue weighted by Gasteiger charge is -2.16. The number of imidazole rings is 1. The first-order chi connectivity index (χ1) is 12.8. The van der Waals surface area contributed by atoms with E-state index in [1.165, 1.54) is 23.2 Å². The predicted molar refractivity (Wildman–Crippen MR) is 97.3 cm³/mol. The van der Waals surface area contributed by atoms with Crippen molar-refractivity contribution in [2.45, 2.75) is 6.18 Å². The second kappa shape index (κ2) is 7.14. The van der Waals surface area contributed by atoms with Gasteiger partial charge in [-0.1, -0.05) is 6.07 Å². The second-order valence-corrected chi connectivity index (χ2v) is 6.10. The average molecular weight is 374 g/mol. The van der Waals surface area contributed by atoms with Crippen LogP contribution in [0.15, 0.2) is 61.2 Å². The van der Waals surface area contributed by atoms with Gasteiger partial charge < -0.3 is 14.8 Å². The summed E-state index contributed by atoms with van der Waals surface area (Å²) in [6.45, 7) is 0. The molecule has 0 fully saturated rings. The molecule has 140 valence electrons. The zero-order valence-electron chi connectivity index (χ0n) is 14.7. The number of nitrogens with zero attached hydrogens (tertiary/aromatic N) is 3. The number of aromatic nitrogens is 2. The molecule has 1 amide bonds. The van der Waals surface area contributed by atoms with Crippen LogP contribution in [0.5, 0.6) is 0 Å². The number of carbonyl (C=O) groups excluding carboxylic acids is 1. The van der Waals surface area contributed by atoms with Gasteiger partial charge in [0.1, 0.15) is 0 Å². The van der Waals surface area contributed by atoms with Crippen molar-refractivity contribution < 1.29 is 18.0 Å². The number of benzene rings is 2. The molecule has 0 aliphatic heterocycles. The molecular formula is C19H17F3N4O. The van der Waals surface area contributed by atoms with Crippen molar-refractivity contribution in [2.75, 3.05) is 24.3 Å². The zero-order chi connectivity index (χ0) is 19.6. The van der Waals surface area contributed by atoms with Gasteiger partial charge in [0.05, 0.1) is 23.1 Å². The fraction of sp³-hybridized carbons (Fsp3) is 0.158. The van der Waals surface area contributed by atoms with E-state index < -0.39 is 17.6 Å². The number of hydrogen-bond acceptors (Lipinski definition) is 3. The zero-order valence-corrected chi connectivity index (χ0v) is 14.7. The van der Waals surface area contributed by atoms with Crippen LogP contribution in [-0.2, 0) is 6.18 Å².